The Balaban J connectivity index is 1.81. The van der Waals surface area contributed by atoms with Gasteiger partial charge in [-0.2, -0.15) is 0 Å². The molecule has 0 bridgehead atoms. The maximum absolute atomic E-state index is 14.4. The number of nitrogens with zero attached hydrogens (tertiary/aromatic N) is 2. The van der Waals surface area contributed by atoms with E-state index in [1.807, 2.05) is 30.3 Å². The lowest BCUT2D eigenvalue weighted by Crippen LogP contribution is -2.45. The molecule has 0 spiro atoms. The minimum atomic E-state index is -0.974. The van der Waals surface area contributed by atoms with Gasteiger partial charge in [-0.25, -0.2) is 9.18 Å². The van der Waals surface area contributed by atoms with Crippen LogP contribution in [0.15, 0.2) is 53.0 Å². The normalized spacial score (nSPS) is 21.5. The molecule has 3 rings (SSSR count). The molecule has 148 valence electrons. The number of carbonyl (C=O) groups is 1. The molecule has 1 aliphatic rings. The second-order valence-electron chi connectivity index (χ2n) is 6.87. The number of halogens is 2. The highest BCUT2D eigenvalue weighted by molar-refractivity contribution is 9.10. The molecule has 0 saturated carbocycles. The zero-order valence-corrected chi connectivity index (χ0v) is 16.8. The molecular weight excluding hydrogens is 431 g/mol. The van der Waals surface area contributed by atoms with Gasteiger partial charge >= 0.3 is 6.09 Å². The number of amides is 1. The number of carbonyl (C=O) groups excluding carboxylic acids is 1. The lowest BCUT2D eigenvalue weighted by molar-refractivity contribution is -0.524. The molecule has 1 heterocycles. The Morgan fingerprint density at radius 3 is 2.68 bits per heavy atom. The molecule has 0 radical (unpaired) electrons. The van der Waals surface area contributed by atoms with Crippen LogP contribution in [0.25, 0.3) is 0 Å². The summed E-state index contributed by atoms with van der Waals surface area (Å²) in [4.78, 5) is 25.3. The van der Waals surface area contributed by atoms with E-state index in [0.717, 1.165) is 5.56 Å². The van der Waals surface area contributed by atoms with E-state index in [1.54, 1.807) is 25.1 Å². The van der Waals surface area contributed by atoms with Crippen molar-refractivity contribution in [2.75, 3.05) is 0 Å². The second kappa shape index (κ2) is 8.68. The van der Waals surface area contributed by atoms with Crippen LogP contribution in [0, 0.1) is 15.9 Å². The summed E-state index contributed by atoms with van der Waals surface area (Å²) in [6.07, 6.45) is -0.379. The number of benzene rings is 2. The first kappa shape index (κ1) is 20.3. The Morgan fingerprint density at radius 2 is 2.00 bits per heavy atom. The molecule has 2 aromatic rings. The predicted molar refractivity (Wildman–Crippen MR) is 105 cm³/mol. The number of hydrogen-bond acceptors (Lipinski definition) is 4. The Kier molecular flexibility index (Phi) is 6.28. The van der Waals surface area contributed by atoms with Crippen LogP contribution in [0.2, 0.25) is 0 Å². The molecule has 28 heavy (non-hydrogen) atoms. The molecule has 0 N–H and O–H groups in total. The van der Waals surface area contributed by atoms with Gasteiger partial charge in [0.15, 0.2) is 0 Å². The van der Waals surface area contributed by atoms with Crippen molar-refractivity contribution >= 4 is 22.0 Å². The molecule has 2 aromatic carbocycles. The lowest BCUT2D eigenvalue weighted by atomic mass is 10.00. The van der Waals surface area contributed by atoms with Gasteiger partial charge in [0.1, 0.15) is 18.5 Å². The minimum absolute atomic E-state index is 0.0434. The van der Waals surface area contributed by atoms with E-state index in [0.29, 0.717) is 5.56 Å². The standard InChI is InChI=1S/C20H20BrFN2O4/c1-13-10-18(24(26)27)17(11-15-8-5-9-16(21)19(15)22)23(13)20(25)28-12-14-6-3-2-4-7-14/h2-9,13,17-18H,10-12H2,1H3/t13-,17?,18?/m1/s1. The Bertz CT molecular complexity index is 865. The van der Waals surface area contributed by atoms with Gasteiger partial charge in [-0.05, 0) is 40.0 Å². The van der Waals surface area contributed by atoms with E-state index < -0.39 is 24.0 Å². The molecule has 2 unspecified atom stereocenters. The topological polar surface area (TPSA) is 72.7 Å². The average Bonchev–Trinajstić information content (AvgIpc) is 3.01. The van der Waals surface area contributed by atoms with Gasteiger partial charge in [0, 0.05) is 23.8 Å². The third-order valence-electron chi connectivity index (χ3n) is 5.01. The molecule has 8 heteroatoms. The summed E-state index contributed by atoms with van der Waals surface area (Å²) >= 11 is 3.13. The Hall–Kier alpha value is -2.48. The third kappa shape index (κ3) is 4.32. The number of likely N-dealkylation sites (tertiary alicyclic amines) is 1. The largest absolute Gasteiger partial charge is 0.445 e. The summed E-state index contributed by atoms with van der Waals surface area (Å²) in [6, 6.07) is 11.9. The first-order valence-corrected chi connectivity index (χ1v) is 9.73. The fraction of sp³-hybridized carbons (Fsp3) is 0.350. The minimum Gasteiger partial charge on any atom is -0.445 e. The van der Waals surface area contributed by atoms with E-state index >= 15 is 0 Å². The van der Waals surface area contributed by atoms with Crippen molar-refractivity contribution in [1.82, 2.24) is 4.90 Å². The van der Waals surface area contributed by atoms with E-state index in [1.165, 1.54) is 4.90 Å². The van der Waals surface area contributed by atoms with Gasteiger partial charge in [0.05, 0.1) is 4.47 Å². The third-order valence-corrected chi connectivity index (χ3v) is 5.62. The second-order valence-corrected chi connectivity index (χ2v) is 7.72. The molecular formula is C20H20BrFN2O4. The van der Waals surface area contributed by atoms with Gasteiger partial charge in [-0.1, -0.05) is 42.5 Å². The van der Waals surface area contributed by atoms with E-state index in [2.05, 4.69) is 15.9 Å². The molecule has 3 atom stereocenters. The molecule has 0 aliphatic carbocycles. The van der Waals surface area contributed by atoms with Crippen molar-refractivity contribution in [3.63, 3.8) is 0 Å². The zero-order valence-electron chi connectivity index (χ0n) is 15.3. The monoisotopic (exact) mass is 450 g/mol. The van der Waals surface area contributed by atoms with Crippen LogP contribution in [-0.4, -0.2) is 34.0 Å². The summed E-state index contributed by atoms with van der Waals surface area (Å²) in [5.41, 5.74) is 1.14. The number of hydrogen-bond donors (Lipinski definition) is 0. The fourth-order valence-electron chi connectivity index (χ4n) is 3.63. The van der Waals surface area contributed by atoms with Crippen LogP contribution in [-0.2, 0) is 17.8 Å². The molecule has 1 fully saturated rings. The highest BCUT2D eigenvalue weighted by Gasteiger charge is 2.49. The van der Waals surface area contributed by atoms with Crippen LogP contribution in [0.5, 0.6) is 0 Å². The molecule has 1 amide bonds. The Labute approximate surface area is 170 Å². The van der Waals surface area contributed by atoms with Crippen LogP contribution in [0.1, 0.15) is 24.5 Å². The van der Waals surface area contributed by atoms with Crippen molar-refractivity contribution < 1.29 is 18.8 Å². The van der Waals surface area contributed by atoms with Crippen LogP contribution >= 0.6 is 15.9 Å². The summed E-state index contributed by atoms with van der Waals surface area (Å²) in [7, 11) is 0. The first-order chi connectivity index (χ1) is 13.4. The highest BCUT2D eigenvalue weighted by atomic mass is 79.9. The first-order valence-electron chi connectivity index (χ1n) is 8.94. The van der Waals surface area contributed by atoms with Crippen LogP contribution in [0.3, 0.4) is 0 Å². The van der Waals surface area contributed by atoms with Crippen molar-refractivity contribution in [3.05, 3.63) is 80.1 Å². The molecule has 1 saturated heterocycles. The van der Waals surface area contributed by atoms with Crippen molar-refractivity contribution in [2.24, 2.45) is 0 Å². The SMILES string of the molecule is C[C@@H]1CC([N+](=O)[O-])C(Cc2cccc(Br)c2F)N1C(=O)OCc1ccccc1. The average molecular weight is 451 g/mol. The smallest absolute Gasteiger partial charge is 0.410 e. The zero-order chi connectivity index (χ0) is 20.3. The summed E-state index contributed by atoms with van der Waals surface area (Å²) in [5.74, 6) is -0.471. The van der Waals surface area contributed by atoms with Gasteiger partial charge in [0.2, 0.25) is 6.04 Å². The maximum Gasteiger partial charge on any atom is 0.410 e. The fourth-order valence-corrected chi connectivity index (χ4v) is 4.04. The van der Waals surface area contributed by atoms with Gasteiger partial charge < -0.3 is 4.74 Å². The van der Waals surface area contributed by atoms with E-state index in [-0.39, 0.29) is 34.9 Å². The van der Waals surface area contributed by atoms with Crippen LogP contribution < -0.4 is 0 Å². The highest BCUT2D eigenvalue weighted by Crippen LogP contribution is 2.31. The number of nitro groups is 1. The number of rotatable bonds is 5. The van der Waals surface area contributed by atoms with E-state index in [4.69, 9.17) is 4.74 Å². The van der Waals surface area contributed by atoms with Crippen molar-refractivity contribution in [3.8, 4) is 0 Å². The molecule has 6 nitrogen and oxygen atoms in total. The molecule has 0 aromatic heterocycles. The Morgan fingerprint density at radius 1 is 1.29 bits per heavy atom. The summed E-state index contributed by atoms with van der Waals surface area (Å²) in [6.45, 7) is 1.82. The maximum atomic E-state index is 14.4. The quantitative estimate of drug-likeness (QED) is 0.493. The molecule has 1 aliphatic heterocycles. The lowest BCUT2D eigenvalue weighted by Gasteiger charge is -2.27. The van der Waals surface area contributed by atoms with Gasteiger partial charge in [-0.15, -0.1) is 0 Å². The van der Waals surface area contributed by atoms with Gasteiger partial charge in [0.25, 0.3) is 0 Å². The predicted octanol–water partition coefficient (Wildman–Crippen LogP) is 4.58. The number of ether oxygens (including phenoxy) is 1. The van der Waals surface area contributed by atoms with Gasteiger partial charge in [-0.3, -0.25) is 15.0 Å². The van der Waals surface area contributed by atoms with Crippen molar-refractivity contribution in [2.45, 2.75) is 44.5 Å². The van der Waals surface area contributed by atoms with Crippen LogP contribution in [0.4, 0.5) is 9.18 Å². The van der Waals surface area contributed by atoms with Crippen molar-refractivity contribution in [1.29, 1.82) is 0 Å². The van der Waals surface area contributed by atoms with E-state index in [9.17, 15) is 19.3 Å². The summed E-state index contributed by atoms with van der Waals surface area (Å²) in [5, 5.41) is 11.6. The summed E-state index contributed by atoms with van der Waals surface area (Å²) < 4.78 is 20.1.